The molecule has 2 aromatic carbocycles. The monoisotopic (exact) mass is 312 g/mol. The van der Waals surface area contributed by atoms with Crippen molar-refractivity contribution in [3.8, 4) is 0 Å². The molecule has 23 heavy (non-hydrogen) atoms. The van der Waals surface area contributed by atoms with Crippen molar-refractivity contribution in [2.45, 2.75) is 18.9 Å². The summed E-state index contributed by atoms with van der Waals surface area (Å²) in [6, 6.07) is 15.0. The van der Waals surface area contributed by atoms with Crippen LogP contribution in [-0.2, 0) is 16.0 Å². The van der Waals surface area contributed by atoms with Gasteiger partial charge in [0, 0.05) is 12.2 Å². The number of carbonyl (C=O) groups is 2. The molecule has 0 aliphatic carbocycles. The zero-order valence-electron chi connectivity index (χ0n) is 12.5. The molecule has 1 heterocycles. The SMILES string of the molecule is O=C1C[C@H](Nc2cccc(F)c2)C(=O)N1CCc1ccccc1. The highest BCUT2D eigenvalue weighted by molar-refractivity contribution is 6.06. The van der Waals surface area contributed by atoms with Crippen LogP contribution in [0.3, 0.4) is 0 Å². The van der Waals surface area contributed by atoms with Crippen LogP contribution >= 0.6 is 0 Å². The van der Waals surface area contributed by atoms with Gasteiger partial charge in [-0.25, -0.2) is 4.39 Å². The highest BCUT2D eigenvalue weighted by atomic mass is 19.1. The number of anilines is 1. The maximum Gasteiger partial charge on any atom is 0.252 e. The molecule has 2 aromatic rings. The average Bonchev–Trinajstić information content (AvgIpc) is 2.80. The van der Waals surface area contributed by atoms with Crippen LogP contribution in [0, 0.1) is 5.82 Å². The van der Waals surface area contributed by atoms with Gasteiger partial charge >= 0.3 is 0 Å². The molecular weight excluding hydrogens is 295 g/mol. The van der Waals surface area contributed by atoms with Gasteiger partial charge in [0.25, 0.3) is 5.91 Å². The van der Waals surface area contributed by atoms with E-state index in [0.717, 1.165) is 5.56 Å². The number of hydrogen-bond acceptors (Lipinski definition) is 3. The summed E-state index contributed by atoms with van der Waals surface area (Å²) < 4.78 is 13.2. The molecule has 1 aliphatic heterocycles. The van der Waals surface area contributed by atoms with E-state index in [1.165, 1.54) is 17.0 Å². The standard InChI is InChI=1S/C18H17FN2O2/c19-14-7-4-8-15(11-14)20-16-12-17(22)21(18(16)23)10-9-13-5-2-1-3-6-13/h1-8,11,16,20H,9-10,12H2/t16-/m0/s1. The van der Waals surface area contributed by atoms with Crippen LogP contribution in [0.2, 0.25) is 0 Å². The second-order valence-electron chi connectivity index (χ2n) is 5.53. The molecule has 1 fully saturated rings. The van der Waals surface area contributed by atoms with Crippen molar-refractivity contribution in [3.63, 3.8) is 0 Å². The minimum Gasteiger partial charge on any atom is -0.373 e. The Bertz CT molecular complexity index is 718. The molecule has 0 saturated carbocycles. The highest BCUT2D eigenvalue weighted by Crippen LogP contribution is 2.19. The van der Waals surface area contributed by atoms with Gasteiger partial charge in [-0.1, -0.05) is 36.4 Å². The Morgan fingerprint density at radius 1 is 1.09 bits per heavy atom. The largest absolute Gasteiger partial charge is 0.373 e. The molecular formula is C18H17FN2O2. The first-order valence-corrected chi connectivity index (χ1v) is 7.54. The third kappa shape index (κ3) is 3.56. The van der Waals surface area contributed by atoms with E-state index in [2.05, 4.69) is 5.32 Å². The highest BCUT2D eigenvalue weighted by Gasteiger charge is 2.38. The fourth-order valence-electron chi connectivity index (χ4n) is 2.70. The van der Waals surface area contributed by atoms with Crippen molar-refractivity contribution in [3.05, 3.63) is 66.0 Å². The minimum absolute atomic E-state index is 0.101. The summed E-state index contributed by atoms with van der Waals surface area (Å²) in [5, 5.41) is 2.94. The number of carbonyl (C=O) groups excluding carboxylic acids is 2. The van der Waals surface area contributed by atoms with Gasteiger partial charge in [0.2, 0.25) is 5.91 Å². The van der Waals surface area contributed by atoms with Gasteiger partial charge in [-0.2, -0.15) is 0 Å². The number of likely N-dealkylation sites (tertiary alicyclic amines) is 1. The van der Waals surface area contributed by atoms with Crippen LogP contribution in [0.5, 0.6) is 0 Å². The zero-order valence-corrected chi connectivity index (χ0v) is 12.5. The van der Waals surface area contributed by atoms with E-state index >= 15 is 0 Å². The summed E-state index contributed by atoms with van der Waals surface area (Å²) in [5.74, 6) is -0.831. The number of nitrogens with zero attached hydrogens (tertiary/aromatic N) is 1. The third-order valence-corrected chi connectivity index (χ3v) is 3.88. The van der Waals surface area contributed by atoms with Crippen LogP contribution in [-0.4, -0.2) is 29.3 Å². The molecule has 0 spiro atoms. The van der Waals surface area contributed by atoms with E-state index in [1.807, 2.05) is 30.3 Å². The zero-order chi connectivity index (χ0) is 16.2. The number of nitrogens with one attached hydrogen (secondary N) is 1. The predicted octanol–water partition coefficient (Wildman–Crippen LogP) is 2.61. The molecule has 0 aromatic heterocycles. The van der Waals surface area contributed by atoms with E-state index in [0.29, 0.717) is 18.7 Å². The molecule has 0 radical (unpaired) electrons. The van der Waals surface area contributed by atoms with Crippen LogP contribution in [0.4, 0.5) is 10.1 Å². The van der Waals surface area contributed by atoms with E-state index in [4.69, 9.17) is 0 Å². The van der Waals surface area contributed by atoms with Gasteiger partial charge in [-0.3, -0.25) is 14.5 Å². The molecule has 0 unspecified atom stereocenters. The molecule has 1 saturated heterocycles. The topological polar surface area (TPSA) is 49.4 Å². The van der Waals surface area contributed by atoms with E-state index in [9.17, 15) is 14.0 Å². The van der Waals surface area contributed by atoms with Crippen LogP contribution in [0.25, 0.3) is 0 Å². The minimum atomic E-state index is -0.625. The van der Waals surface area contributed by atoms with Crippen LogP contribution in [0.1, 0.15) is 12.0 Å². The van der Waals surface area contributed by atoms with Crippen molar-refractivity contribution in [2.24, 2.45) is 0 Å². The Kier molecular flexibility index (Phi) is 4.37. The maximum absolute atomic E-state index is 13.2. The van der Waals surface area contributed by atoms with Gasteiger partial charge in [-0.15, -0.1) is 0 Å². The second-order valence-corrected chi connectivity index (χ2v) is 5.53. The molecule has 0 bridgehead atoms. The molecule has 1 aliphatic rings. The molecule has 2 amide bonds. The van der Waals surface area contributed by atoms with Crippen molar-refractivity contribution in [1.82, 2.24) is 4.90 Å². The molecule has 118 valence electrons. The summed E-state index contributed by atoms with van der Waals surface area (Å²) in [5.41, 5.74) is 1.58. The summed E-state index contributed by atoms with van der Waals surface area (Å²) >= 11 is 0. The predicted molar refractivity (Wildman–Crippen MR) is 85.3 cm³/mol. The van der Waals surface area contributed by atoms with Gasteiger partial charge in [0.15, 0.2) is 0 Å². The Morgan fingerprint density at radius 3 is 2.61 bits per heavy atom. The quantitative estimate of drug-likeness (QED) is 0.864. The van der Waals surface area contributed by atoms with Crippen LogP contribution < -0.4 is 5.32 Å². The summed E-state index contributed by atoms with van der Waals surface area (Å²) in [4.78, 5) is 25.7. The van der Waals surface area contributed by atoms with Crippen molar-refractivity contribution in [2.75, 3.05) is 11.9 Å². The van der Waals surface area contributed by atoms with Crippen molar-refractivity contribution >= 4 is 17.5 Å². The third-order valence-electron chi connectivity index (χ3n) is 3.88. The lowest BCUT2D eigenvalue weighted by Crippen LogP contribution is -2.36. The Morgan fingerprint density at radius 2 is 1.87 bits per heavy atom. The number of hydrogen-bond donors (Lipinski definition) is 1. The molecule has 4 nitrogen and oxygen atoms in total. The van der Waals surface area contributed by atoms with Crippen LogP contribution in [0.15, 0.2) is 54.6 Å². The second kappa shape index (κ2) is 6.60. The van der Waals surface area contributed by atoms with Gasteiger partial charge in [0.05, 0.1) is 6.42 Å². The first-order valence-electron chi connectivity index (χ1n) is 7.54. The van der Waals surface area contributed by atoms with E-state index in [-0.39, 0.29) is 24.1 Å². The van der Waals surface area contributed by atoms with Gasteiger partial charge in [0.1, 0.15) is 11.9 Å². The van der Waals surface area contributed by atoms with Crippen molar-refractivity contribution in [1.29, 1.82) is 0 Å². The summed E-state index contributed by atoms with van der Waals surface area (Å²) in [6.45, 7) is 0.364. The van der Waals surface area contributed by atoms with E-state index < -0.39 is 6.04 Å². The molecule has 1 N–H and O–H groups in total. The number of halogens is 1. The van der Waals surface area contributed by atoms with Gasteiger partial charge < -0.3 is 5.32 Å². The molecule has 5 heteroatoms. The number of amides is 2. The summed E-state index contributed by atoms with van der Waals surface area (Å²) in [7, 11) is 0. The number of rotatable bonds is 5. The Labute approximate surface area is 133 Å². The Balaban J connectivity index is 1.63. The first-order chi connectivity index (χ1) is 11.1. The van der Waals surface area contributed by atoms with Gasteiger partial charge in [-0.05, 0) is 30.2 Å². The fraction of sp³-hybridized carbons (Fsp3) is 0.222. The first kappa shape index (κ1) is 15.2. The molecule has 1 atom stereocenters. The number of benzene rings is 2. The van der Waals surface area contributed by atoms with E-state index in [1.54, 1.807) is 12.1 Å². The lowest BCUT2D eigenvalue weighted by atomic mass is 10.1. The average molecular weight is 312 g/mol. The molecule has 3 rings (SSSR count). The Hall–Kier alpha value is -2.69. The maximum atomic E-state index is 13.2. The summed E-state index contributed by atoms with van der Waals surface area (Å²) in [6.07, 6.45) is 0.731. The lowest BCUT2D eigenvalue weighted by molar-refractivity contribution is -0.138. The smallest absolute Gasteiger partial charge is 0.252 e. The van der Waals surface area contributed by atoms with Crippen molar-refractivity contribution < 1.29 is 14.0 Å². The normalized spacial score (nSPS) is 17.6. The number of imide groups is 1. The lowest BCUT2D eigenvalue weighted by Gasteiger charge is -2.16. The fourth-order valence-corrected chi connectivity index (χ4v) is 2.70.